The maximum Gasteiger partial charge on any atom is 0.324 e. The molecule has 3 atom stereocenters. The van der Waals surface area contributed by atoms with Crippen LogP contribution in [0, 0.1) is 11.8 Å². The molecule has 2 aliphatic rings. The Balaban J connectivity index is 1.63. The van der Waals surface area contributed by atoms with Crippen molar-refractivity contribution >= 4 is 17.9 Å². The Morgan fingerprint density at radius 3 is 2.71 bits per heavy atom. The molecule has 1 saturated carbocycles. The van der Waals surface area contributed by atoms with E-state index in [1.165, 1.54) is 12.0 Å². The molecule has 0 radical (unpaired) electrons. The van der Waals surface area contributed by atoms with Crippen LogP contribution in [-0.4, -0.2) is 42.5 Å². The van der Waals surface area contributed by atoms with Gasteiger partial charge in [-0.2, -0.15) is 0 Å². The van der Waals surface area contributed by atoms with E-state index >= 15 is 0 Å². The van der Waals surface area contributed by atoms with E-state index in [1.807, 2.05) is 30.3 Å². The number of esters is 1. The summed E-state index contributed by atoms with van der Waals surface area (Å²) in [5.74, 6) is -0.857. The van der Waals surface area contributed by atoms with Crippen molar-refractivity contribution in [3.8, 4) is 0 Å². The predicted molar refractivity (Wildman–Crippen MR) is 87.0 cm³/mol. The third-order valence-corrected chi connectivity index (χ3v) is 4.99. The van der Waals surface area contributed by atoms with Gasteiger partial charge in [-0.05, 0) is 31.2 Å². The van der Waals surface area contributed by atoms with Crippen molar-refractivity contribution in [3.05, 3.63) is 35.9 Å². The number of methoxy groups -OCH3 is 1. The normalized spacial score (nSPS) is 26.5. The number of amides is 3. The molecule has 0 aromatic heterocycles. The van der Waals surface area contributed by atoms with E-state index in [-0.39, 0.29) is 35.8 Å². The molecule has 1 aromatic carbocycles. The number of nitrogens with one attached hydrogen (secondary N) is 1. The number of carbonyl (C=O) groups is 3. The van der Waals surface area contributed by atoms with Crippen LogP contribution in [0.3, 0.4) is 0 Å². The van der Waals surface area contributed by atoms with E-state index in [4.69, 9.17) is 4.74 Å². The first-order chi connectivity index (χ1) is 11.6. The Morgan fingerprint density at radius 1 is 1.25 bits per heavy atom. The number of fused-ring (bicyclic) bond motifs is 1. The molecular formula is C18H22N2O4. The van der Waals surface area contributed by atoms with Crippen molar-refractivity contribution in [2.75, 3.05) is 13.7 Å². The fourth-order valence-electron chi connectivity index (χ4n) is 3.64. The summed E-state index contributed by atoms with van der Waals surface area (Å²) < 4.78 is 4.78. The molecule has 1 N–H and O–H groups in total. The van der Waals surface area contributed by atoms with Crippen LogP contribution in [0.2, 0.25) is 0 Å². The van der Waals surface area contributed by atoms with Crippen LogP contribution in [0.1, 0.15) is 24.8 Å². The van der Waals surface area contributed by atoms with Crippen LogP contribution in [0.25, 0.3) is 0 Å². The molecule has 6 nitrogen and oxygen atoms in total. The zero-order chi connectivity index (χ0) is 17.1. The predicted octanol–water partition coefficient (Wildman–Crippen LogP) is 1.74. The third kappa shape index (κ3) is 3.27. The zero-order valence-corrected chi connectivity index (χ0v) is 13.7. The highest BCUT2D eigenvalue weighted by Crippen LogP contribution is 2.33. The topological polar surface area (TPSA) is 75.7 Å². The van der Waals surface area contributed by atoms with Crippen LogP contribution in [-0.2, 0) is 20.7 Å². The number of carbonyl (C=O) groups excluding carboxylic acids is 3. The van der Waals surface area contributed by atoms with Crippen molar-refractivity contribution in [1.29, 1.82) is 0 Å². The van der Waals surface area contributed by atoms with E-state index in [0.717, 1.165) is 5.56 Å². The van der Waals surface area contributed by atoms with E-state index in [1.54, 1.807) is 0 Å². The second-order valence-corrected chi connectivity index (χ2v) is 6.42. The highest BCUT2D eigenvalue weighted by Gasteiger charge is 2.45. The lowest BCUT2D eigenvalue weighted by molar-refractivity contribution is -0.149. The van der Waals surface area contributed by atoms with Gasteiger partial charge < -0.3 is 10.1 Å². The Morgan fingerprint density at radius 2 is 2.00 bits per heavy atom. The highest BCUT2D eigenvalue weighted by molar-refractivity contribution is 5.99. The first-order valence-electron chi connectivity index (χ1n) is 8.33. The molecule has 128 valence electrons. The Labute approximate surface area is 141 Å². The Kier molecular flexibility index (Phi) is 4.83. The number of ether oxygens (including phenoxy) is 1. The van der Waals surface area contributed by atoms with Crippen molar-refractivity contribution < 1.29 is 19.1 Å². The molecule has 2 fully saturated rings. The Hall–Kier alpha value is -2.37. The summed E-state index contributed by atoms with van der Waals surface area (Å²) in [6.45, 7) is 0.373. The van der Waals surface area contributed by atoms with E-state index in [9.17, 15) is 14.4 Å². The number of imide groups is 1. The van der Waals surface area contributed by atoms with Gasteiger partial charge in [0, 0.05) is 12.6 Å². The average molecular weight is 330 g/mol. The first-order valence-corrected chi connectivity index (χ1v) is 8.33. The molecule has 3 rings (SSSR count). The van der Waals surface area contributed by atoms with Crippen LogP contribution in [0.15, 0.2) is 30.3 Å². The monoisotopic (exact) mass is 330 g/mol. The summed E-state index contributed by atoms with van der Waals surface area (Å²) in [6.07, 6.45) is 2.34. The van der Waals surface area contributed by atoms with E-state index in [2.05, 4.69) is 5.32 Å². The molecule has 1 heterocycles. The molecule has 0 spiro atoms. The second kappa shape index (κ2) is 7.03. The molecule has 6 heteroatoms. The van der Waals surface area contributed by atoms with Gasteiger partial charge in [0.1, 0.15) is 0 Å². The molecule has 3 amide bonds. The highest BCUT2D eigenvalue weighted by atomic mass is 16.5. The number of hydrogen-bond acceptors (Lipinski definition) is 4. The van der Waals surface area contributed by atoms with Crippen LogP contribution >= 0.6 is 0 Å². The van der Waals surface area contributed by atoms with Crippen molar-refractivity contribution in [2.45, 2.75) is 31.7 Å². The molecule has 24 heavy (non-hydrogen) atoms. The van der Waals surface area contributed by atoms with Gasteiger partial charge in [0.05, 0.1) is 18.9 Å². The number of rotatable bonds is 4. The lowest BCUT2D eigenvalue weighted by Gasteiger charge is -2.41. The fraction of sp³-hybridized carbons (Fsp3) is 0.500. The van der Waals surface area contributed by atoms with Gasteiger partial charge in [-0.15, -0.1) is 0 Å². The second-order valence-electron chi connectivity index (χ2n) is 6.42. The molecule has 0 bridgehead atoms. The number of hydrogen-bond donors (Lipinski definition) is 1. The molecule has 1 aliphatic carbocycles. The average Bonchev–Trinajstić information content (AvgIpc) is 2.61. The van der Waals surface area contributed by atoms with Crippen LogP contribution < -0.4 is 5.32 Å². The minimum absolute atomic E-state index is 0.122. The molecular weight excluding hydrogens is 308 g/mol. The minimum atomic E-state index is -0.359. The van der Waals surface area contributed by atoms with Gasteiger partial charge in [0.15, 0.2) is 0 Å². The zero-order valence-electron chi connectivity index (χ0n) is 13.7. The van der Waals surface area contributed by atoms with Crippen molar-refractivity contribution in [1.82, 2.24) is 10.2 Å². The molecule has 1 aromatic rings. The van der Waals surface area contributed by atoms with E-state index < -0.39 is 0 Å². The van der Waals surface area contributed by atoms with E-state index in [0.29, 0.717) is 32.2 Å². The van der Waals surface area contributed by atoms with Crippen molar-refractivity contribution in [3.63, 3.8) is 0 Å². The standard InChI is InChI=1S/C18H22N2O4/c1-24-17(22)13-7-8-14-15(11-13)19-18(23)20(16(14)21)10-9-12-5-3-2-4-6-12/h2-6,13-15H,7-11H2,1H3,(H,19,23). The molecule has 1 saturated heterocycles. The minimum Gasteiger partial charge on any atom is -0.469 e. The summed E-state index contributed by atoms with van der Waals surface area (Å²) in [7, 11) is 1.37. The summed E-state index contributed by atoms with van der Waals surface area (Å²) in [6, 6.07) is 9.16. The summed E-state index contributed by atoms with van der Waals surface area (Å²) in [5.41, 5.74) is 1.09. The maximum absolute atomic E-state index is 12.7. The van der Waals surface area contributed by atoms with Gasteiger partial charge in [-0.1, -0.05) is 30.3 Å². The SMILES string of the molecule is COC(=O)C1CCC2C(=O)N(CCc3ccccc3)C(=O)NC2C1. The van der Waals surface area contributed by atoms with Crippen LogP contribution in [0.4, 0.5) is 4.79 Å². The first kappa shape index (κ1) is 16.5. The van der Waals surface area contributed by atoms with Crippen molar-refractivity contribution in [2.24, 2.45) is 11.8 Å². The summed E-state index contributed by atoms with van der Waals surface area (Å²) in [4.78, 5) is 38.0. The van der Waals surface area contributed by atoms with Gasteiger partial charge in [-0.3, -0.25) is 14.5 Å². The lowest BCUT2D eigenvalue weighted by Crippen LogP contribution is -2.62. The lowest BCUT2D eigenvalue weighted by atomic mass is 9.76. The van der Waals surface area contributed by atoms with Gasteiger partial charge in [0.2, 0.25) is 5.91 Å². The maximum atomic E-state index is 12.7. The van der Waals surface area contributed by atoms with Gasteiger partial charge in [-0.25, -0.2) is 4.79 Å². The smallest absolute Gasteiger partial charge is 0.324 e. The quantitative estimate of drug-likeness (QED) is 0.853. The fourth-order valence-corrected chi connectivity index (χ4v) is 3.64. The third-order valence-electron chi connectivity index (χ3n) is 4.99. The number of benzene rings is 1. The molecule has 1 aliphatic heterocycles. The van der Waals surface area contributed by atoms with Gasteiger partial charge in [0.25, 0.3) is 0 Å². The number of nitrogens with zero attached hydrogens (tertiary/aromatic N) is 1. The Bertz CT molecular complexity index is 631. The largest absolute Gasteiger partial charge is 0.469 e. The number of urea groups is 1. The summed E-state index contributed by atoms with van der Waals surface area (Å²) in [5, 5.41) is 2.90. The molecule has 3 unspecified atom stereocenters. The van der Waals surface area contributed by atoms with Gasteiger partial charge >= 0.3 is 12.0 Å². The van der Waals surface area contributed by atoms with Crippen LogP contribution in [0.5, 0.6) is 0 Å². The summed E-state index contributed by atoms with van der Waals surface area (Å²) >= 11 is 0.